The summed E-state index contributed by atoms with van der Waals surface area (Å²) in [4.78, 5) is 4.40. The molecular formula is C13H17FN2P2. The highest BCUT2D eigenvalue weighted by atomic mass is 31.1. The molecule has 5 heteroatoms. The van der Waals surface area contributed by atoms with Crippen molar-refractivity contribution in [1.82, 2.24) is 0 Å². The molecular weight excluding hydrogens is 265 g/mol. The summed E-state index contributed by atoms with van der Waals surface area (Å²) < 4.78 is 13.9. The van der Waals surface area contributed by atoms with E-state index in [0.29, 0.717) is 11.6 Å². The van der Waals surface area contributed by atoms with Crippen LogP contribution < -0.4 is 5.73 Å². The van der Waals surface area contributed by atoms with Crippen LogP contribution in [0.15, 0.2) is 41.0 Å². The number of nitrogens with zero attached hydrogens (tertiary/aromatic N) is 1. The van der Waals surface area contributed by atoms with Crippen LogP contribution in [0.25, 0.3) is 5.57 Å². The smallest absolute Gasteiger partial charge is 0.175 e. The van der Waals surface area contributed by atoms with E-state index in [2.05, 4.69) is 23.5 Å². The van der Waals surface area contributed by atoms with Crippen molar-refractivity contribution in [2.45, 2.75) is 24.0 Å². The Morgan fingerprint density at radius 2 is 1.94 bits per heavy atom. The molecule has 96 valence electrons. The van der Waals surface area contributed by atoms with Gasteiger partial charge in [0.25, 0.3) is 0 Å². The zero-order valence-corrected chi connectivity index (χ0v) is 12.3. The maximum atomic E-state index is 13.9. The van der Waals surface area contributed by atoms with Crippen LogP contribution in [-0.2, 0) is 0 Å². The zero-order chi connectivity index (χ0) is 13.2. The second-order valence-corrected chi connectivity index (χ2v) is 6.82. The molecule has 0 saturated heterocycles. The lowest BCUT2D eigenvalue weighted by Crippen LogP contribution is -2.18. The van der Waals surface area contributed by atoms with Gasteiger partial charge in [-0.25, -0.2) is 4.39 Å². The SMILES string of the molecule is NC(=C(C=NC1CC1)c1ccccc1)C(F)(P)P. The second-order valence-electron chi connectivity index (χ2n) is 4.47. The summed E-state index contributed by atoms with van der Waals surface area (Å²) in [5.74, 6) is 0. The van der Waals surface area contributed by atoms with E-state index in [1.54, 1.807) is 6.21 Å². The predicted molar refractivity (Wildman–Crippen MR) is 82.3 cm³/mol. The van der Waals surface area contributed by atoms with Crippen LogP contribution in [0.1, 0.15) is 18.4 Å². The van der Waals surface area contributed by atoms with Gasteiger partial charge in [0, 0.05) is 11.8 Å². The van der Waals surface area contributed by atoms with Crippen molar-refractivity contribution in [3.05, 3.63) is 41.6 Å². The van der Waals surface area contributed by atoms with Gasteiger partial charge in [0.15, 0.2) is 5.15 Å². The fourth-order valence-corrected chi connectivity index (χ4v) is 1.84. The molecule has 1 fully saturated rings. The molecule has 0 radical (unpaired) electrons. The van der Waals surface area contributed by atoms with E-state index in [1.807, 2.05) is 30.3 Å². The summed E-state index contributed by atoms with van der Waals surface area (Å²) in [6.45, 7) is 0. The summed E-state index contributed by atoms with van der Waals surface area (Å²) in [7, 11) is 4.18. The van der Waals surface area contributed by atoms with Crippen molar-refractivity contribution in [2.75, 3.05) is 0 Å². The van der Waals surface area contributed by atoms with Crippen molar-refractivity contribution >= 4 is 30.3 Å². The van der Waals surface area contributed by atoms with Crippen LogP contribution in [0.2, 0.25) is 0 Å². The van der Waals surface area contributed by atoms with Crippen LogP contribution in [0, 0.1) is 0 Å². The van der Waals surface area contributed by atoms with E-state index in [9.17, 15) is 4.39 Å². The molecule has 1 aliphatic carbocycles. The highest BCUT2D eigenvalue weighted by Gasteiger charge is 2.24. The van der Waals surface area contributed by atoms with Crippen LogP contribution in [-0.4, -0.2) is 17.4 Å². The number of benzene rings is 1. The molecule has 0 spiro atoms. The quantitative estimate of drug-likeness (QED) is 0.669. The molecule has 0 heterocycles. The zero-order valence-electron chi connectivity index (χ0n) is 10.0. The van der Waals surface area contributed by atoms with Crippen LogP contribution in [0.5, 0.6) is 0 Å². The van der Waals surface area contributed by atoms with Gasteiger partial charge in [0.1, 0.15) is 0 Å². The summed E-state index contributed by atoms with van der Waals surface area (Å²) in [5, 5.41) is -1.71. The first kappa shape index (κ1) is 13.6. The second kappa shape index (κ2) is 5.47. The Labute approximate surface area is 111 Å². The predicted octanol–water partition coefficient (Wildman–Crippen LogP) is 2.96. The Balaban J connectivity index is 2.40. The molecule has 0 amide bonds. The number of aliphatic imine (C=N–C) groups is 1. The molecule has 2 atom stereocenters. The van der Waals surface area contributed by atoms with Gasteiger partial charge in [-0.3, -0.25) is 4.99 Å². The minimum atomic E-state index is -1.71. The average Bonchev–Trinajstić information content (AvgIpc) is 3.13. The normalized spacial score (nSPS) is 17.9. The number of halogens is 1. The van der Waals surface area contributed by atoms with Gasteiger partial charge in [0.05, 0.1) is 11.7 Å². The number of allylic oxidation sites excluding steroid dienone is 2. The van der Waals surface area contributed by atoms with Crippen molar-refractivity contribution in [1.29, 1.82) is 0 Å². The first-order valence-electron chi connectivity index (χ1n) is 5.84. The third-order valence-corrected chi connectivity index (χ3v) is 3.37. The molecule has 2 unspecified atom stereocenters. The molecule has 2 nitrogen and oxygen atoms in total. The Hall–Kier alpha value is -0.780. The highest BCUT2D eigenvalue weighted by molar-refractivity contribution is 7.40. The van der Waals surface area contributed by atoms with Crippen LogP contribution in [0.3, 0.4) is 0 Å². The Morgan fingerprint density at radius 1 is 1.33 bits per heavy atom. The van der Waals surface area contributed by atoms with Gasteiger partial charge in [-0.2, -0.15) is 0 Å². The lowest BCUT2D eigenvalue weighted by Gasteiger charge is -2.18. The third-order valence-electron chi connectivity index (χ3n) is 2.75. The van der Waals surface area contributed by atoms with E-state index >= 15 is 0 Å². The van der Waals surface area contributed by atoms with Gasteiger partial charge >= 0.3 is 0 Å². The monoisotopic (exact) mass is 282 g/mol. The fourth-order valence-electron chi connectivity index (χ4n) is 1.53. The van der Waals surface area contributed by atoms with Crippen LogP contribution >= 0.6 is 18.5 Å². The first-order valence-corrected chi connectivity index (χ1v) is 6.99. The summed E-state index contributed by atoms with van der Waals surface area (Å²) >= 11 is 0. The maximum absolute atomic E-state index is 13.9. The summed E-state index contributed by atoms with van der Waals surface area (Å²) in [5.41, 5.74) is 7.59. The number of rotatable bonds is 4. The molecule has 2 rings (SSSR count). The average molecular weight is 282 g/mol. The van der Waals surface area contributed by atoms with Crippen molar-refractivity contribution in [2.24, 2.45) is 10.7 Å². The largest absolute Gasteiger partial charge is 0.398 e. The topological polar surface area (TPSA) is 38.4 Å². The molecule has 1 aliphatic rings. The van der Waals surface area contributed by atoms with E-state index in [0.717, 1.165) is 18.4 Å². The Morgan fingerprint density at radius 3 is 2.44 bits per heavy atom. The van der Waals surface area contributed by atoms with Gasteiger partial charge in [-0.15, -0.1) is 0 Å². The van der Waals surface area contributed by atoms with E-state index < -0.39 is 5.15 Å². The van der Waals surface area contributed by atoms with Crippen molar-refractivity contribution in [3.8, 4) is 0 Å². The number of nitrogens with two attached hydrogens (primary N) is 1. The maximum Gasteiger partial charge on any atom is 0.175 e. The lowest BCUT2D eigenvalue weighted by molar-refractivity contribution is 0.458. The minimum absolute atomic E-state index is 0.160. The number of alkyl halides is 1. The van der Waals surface area contributed by atoms with E-state index in [4.69, 9.17) is 5.73 Å². The van der Waals surface area contributed by atoms with Crippen LogP contribution in [0.4, 0.5) is 4.39 Å². The Bertz CT molecular complexity index is 474. The molecule has 0 aliphatic heterocycles. The summed E-state index contributed by atoms with van der Waals surface area (Å²) in [6.07, 6.45) is 3.92. The highest BCUT2D eigenvalue weighted by Crippen LogP contribution is 2.37. The fraction of sp³-hybridized carbons (Fsp3) is 0.308. The first-order chi connectivity index (χ1) is 8.48. The van der Waals surface area contributed by atoms with Gasteiger partial charge in [0.2, 0.25) is 0 Å². The summed E-state index contributed by atoms with van der Waals surface area (Å²) in [6, 6.07) is 9.92. The molecule has 0 bridgehead atoms. The van der Waals surface area contributed by atoms with Crippen molar-refractivity contribution in [3.63, 3.8) is 0 Å². The molecule has 18 heavy (non-hydrogen) atoms. The molecule has 1 aromatic rings. The number of hydrogen-bond acceptors (Lipinski definition) is 2. The molecule has 1 aromatic carbocycles. The number of hydrogen-bond donors (Lipinski definition) is 1. The van der Waals surface area contributed by atoms with Gasteiger partial charge < -0.3 is 5.73 Å². The standard InChI is InChI=1S/C13H17FN2P2/c14-13(17,18)12(15)11(8-16-10-6-7-10)9-4-2-1-3-5-9/h1-5,8,10H,6-7,15,17-18H2. The Kier molecular flexibility index (Phi) is 4.14. The third kappa shape index (κ3) is 3.60. The van der Waals surface area contributed by atoms with Crippen molar-refractivity contribution < 1.29 is 4.39 Å². The molecule has 1 saturated carbocycles. The molecule has 0 aromatic heterocycles. The molecule has 2 N–H and O–H groups in total. The minimum Gasteiger partial charge on any atom is -0.398 e. The van der Waals surface area contributed by atoms with Gasteiger partial charge in [-0.1, -0.05) is 48.8 Å². The van der Waals surface area contributed by atoms with E-state index in [-0.39, 0.29) is 5.70 Å². The van der Waals surface area contributed by atoms with E-state index in [1.165, 1.54) is 0 Å². The lowest BCUT2D eigenvalue weighted by atomic mass is 10.1. The van der Waals surface area contributed by atoms with Gasteiger partial charge in [-0.05, 0) is 18.4 Å².